The first-order valence-electron chi connectivity index (χ1n) is 5.91. The highest BCUT2D eigenvalue weighted by atomic mass is 32.1. The molecule has 0 bridgehead atoms. The average molecular weight is 287 g/mol. The summed E-state index contributed by atoms with van der Waals surface area (Å²) in [4.78, 5) is 22.7. The van der Waals surface area contributed by atoms with Gasteiger partial charge in [-0.1, -0.05) is 29.8 Å². The molecule has 2 aromatic rings. The summed E-state index contributed by atoms with van der Waals surface area (Å²) in [5, 5.41) is 14.6. The van der Waals surface area contributed by atoms with Gasteiger partial charge in [-0.2, -0.15) is 0 Å². The third-order valence-electron chi connectivity index (χ3n) is 2.65. The van der Waals surface area contributed by atoms with Gasteiger partial charge in [0.2, 0.25) is 5.91 Å². The second-order valence-corrected chi connectivity index (χ2v) is 4.98. The summed E-state index contributed by atoms with van der Waals surface area (Å²) in [6.07, 6.45) is 3.07. The molecule has 0 atom stereocenters. The Kier molecular flexibility index (Phi) is 4.32. The number of rotatable bonds is 4. The van der Waals surface area contributed by atoms with Crippen LogP contribution in [0.4, 0.5) is 5.69 Å². The fraction of sp³-hybridized carbons (Fsp3) is 0.0667. The van der Waals surface area contributed by atoms with Gasteiger partial charge in [-0.05, 0) is 18.6 Å². The molecule has 0 saturated carbocycles. The summed E-state index contributed by atoms with van der Waals surface area (Å²) in [5.41, 5.74) is 2.48. The number of amides is 1. The summed E-state index contributed by atoms with van der Waals surface area (Å²) in [7, 11) is 0. The topological polar surface area (TPSA) is 66.4 Å². The number of aromatic carboxylic acids is 1. The molecule has 1 amide bonds. The molecule has 0 spiro atoms. The number of hydrogen-bond donors (Lipinski definition) is 2. The van der Waals surface area contributed by atoms with Crippen molar-refractivity contribution < 1.29 is 14.7 Å². The van der Waals surface area contributed by atoms with E-state index in [4.69, 9.17) is 5.11 Å². The van der Waals surface area contributed by atoms with Crippen molar-refractivity contribution >= 4 is 35.0 Å². The zero-order valence-corrected chi connectivity index (χ0v) is 11.6. The third kappa shape index (κ3) is 3.55. The molecule has 5 heteroatoms. The molecule has 0 radical (unpaired) electrons. The van der Waals surface area contributed by atoms with Gasteiger partial charge < -0.3 is 10.4 Å². The number of aryl methyl sites for hydroxylation is 1. The van der Waals surface area contributed by atoms with Crippen LogP contribution >= 0.6 is 11.3 Å². The number of carboxylic acid groups (broad SMARTS) is 1. The minimum absolute atomic E-state index is 0.104. The van der Waals surface area contributed by atoms with E-state index in [2.05, 4.69) is 5.32 Å². The Morgan fingerprint density at radius 3 is 2.55 bits per heavy atom. The van der Waals surface area contributed by atoms with Crippen molar-refractivity contribution in [3.8, 4) is 0 Å². The Balaban J connectivity index is 2.03. The van der Waals surface area contributed by atoms with Crippen molar-refractivity contribution in [3.63, 3.8) is 0 Å². The summed E-state index contributed by atoms with van der Waals surface area (Å²) >= 11 is 1.23. The standard InChI is InChI=1S/C15H13NO3S/c1-10-2-4-11(5-3-10)6-7-14(17)16-13-9-20-8-12(13)15(18)19/h2-9H,1H3,(H,16,17)(H,18,19)/b7-6+. The fourth-order valence-electron chi connectivity index (χ4n) is 1.58. The van der Waals surface area contributed by atoms with E-state index < -0.39 is 5.97 Å². The highest BCUT2D eigenvalue weighted by molar-refractivity contribution is 7.08. The Labute approximate surface area is 120 Å². The molecular formula is C15H13NO3S. The van der Waals surface area contributed by atoms with Crippen LogP contribution in [0, 0.1) is 6.92 Å². The molecule has 2 N–H and O–H groups in total. The second kappa shape index (κ2) is 6.16. The highest BCUT2D eigenvalue weighted by Crippen LogP contribution is 2.20. The van der Waals surface area contributed by atoms with Gasteiger partial charge in [0.05, 0.1) is 11.3 Å². The van der Waals surface area contributed by atoms with Crippen molar-refractivity contribution in [2.75, 3.05) is 5.32 Å². The molecule has 1 aromatic heterocycles. The predicted molar refractivity (Wildman–Crippen MR) is 80.1 cm³/mol. The molecule has 1 aromatic carbocycles. The molecular weight excluding hydrogens is 274 g/mol. The Hall–Kier alpha value is -2.40. The van der Waals surface area contributed by atoms with Crippen molar-refractivity contribution in [2.45, 2.75) is 6.92 Å². The van der Waals surface area contributed by atoms with E-state index in [0.29, 0.717) is 5.69 Å². The average Bonchev–Trinajstić information content (AvgIpc) is 2.86. The molecule has 0 aliphatic heterocycles. The molecule has 0 unspecified atom stereocenters. The Morgan fingerprint density at radius 1 is 1.20 bits per heavy atom. The Morgan fingerprint density at radius 2 is 1.90 bits per heavy atom. The predicted octanol–water partition coefficient (Wildman–Crippen LogP) is 3.41. The Bertz CT molecular complexity index is 656. The van der Waals surface area contributed by atoms with Gasteiger partial charge in [-0.3, -0.25) is 4.79 Å². The first-order valence-corrected chi connectivity index (χ1v) is 6.86. The van der Waals surface area contributed by atoms with Crippen LogP contribution in [0.3, 0.4) is 0 Å². The van der Waals surface area contributed by atoms with Gasteiger partial charge >= 0.3 is 5.97 Å². The lowest BCUT2D eigenvalue weighted by Gasteiger charge is -2.00. The van der Waals surface area contributed by atoms with Crippen molar-refractivity contribution in [1.29, 1.82) is 0 Å². The SMILES string of the molecule is Cc1ccc(/C=C/C(=O)Nc2cscc2C(=O)O)cc1. The van der Waals surface area contributed by atoms with Crippen LogP contribution in [-0.4, -0.2) is 17.0 Å². The molecule has 0 saturated heterocycles. The lowest BCUT2D eigenvalue weighted by atomic mass is 10.1. The van der Waals surface area contributed by atoms with Gasteiger partial charge in [0, 0.05) is 16.8 Å². The minimum atomic E-state index is -1.05. The number of carboxylic acids is 1. The van der Waals surface area contributed by atoms with E-state index in [-0.39, 0.29) is 11.5 Å². The van der Waals surface area contributed by atoms with Gasteiger partial charge in [0.25, 0.3) is 0 Å². The molecule has 0 aliphatic carbocycles. The quantitative estimate of drug-likeness (QED) is 0.847. The zero-order valence-electron chi connectivity index (χ0n) is 10.8. The molecule has 0 aliphatic rings. The summed E-state index contributed by atoms with van der Waals surface area (Å²) in [5.74, 6) is -1.41. The van der Waals surface area contributed by atoms with E-state index in [1.807, 2.05) is 31.2 Å². The van der Waals surface area contributed by atoms with Crippen LogP contribution in [0.25, 0.3) is 6.08 Å². The highest BCUT2D eigenvalue weighted by Gasteiger charge is 2.12. The lowest BCUT2D eigenvalue weighted by molar-refractivity contribution is -0.111. The maximum Gasteiger partial charge on any atom is 0.338 e. The molecule has 102 valence electrons. The van der Waals surface area contributed by atoms with Crippen molar-refractivity contribution in [2.24, 2.45) is 0 Å². The number of benzene rings is 1. The van der Waals surface area contributed by atoms with Crippen molar-refractivity contribution in [3.05, 3.63) is 57.8 Å². The van der Waals surface area contributed by atoms with E-state index >= 15 is 0 Å². The normalized spacial score (nSPS) is 10.7. The second-order valence-electron chi connectivity index (χ2n) is 4.24. The molecule has 20 heavy (non-hydrogen) atoms. The summed E-state index contributed by atoms with van der Waals surface area (Å²) in [6.45, 7) is 1.99. The van der Waals surface area contributed by atoms with Crippen LogP contribution in [0.2, 0.25) is 0 Å². The van der Waals surface area contributed by atoms with Crippen LogP contribution in [-0.2, 0) is 4.79 Å². The first-order chi connectivity index (χ1) is 9.56. The fourth-order valence-corrected chi connectivity index (χ4v) is 2.34. The molecule has 1 heterocycles. The maximum atomic E-state index is 11.7. The van der Waals surface area contributed by atoms with Gasteiger partial charge in [0.15, 0.2) is 0 Å². The third-order valence-corrected chi connectivity index (χ3v) is 3.40. The number of hydrogen-bond acceptors (Lipinski definition) is 3. The number of nitrogens with one attached hydrogen (secondary N) is 1. The molecule has 0 fully saturated rings. The van der Waals surface area contributed by atoms with Crippen LogP contribution < -0.4 is 5.32 Å². The molecule has 4 nitrogen and oxygen atoms in total. The van der Waals surface area contributed by atoms with Crippen LogP contribution in [0.5, 0.6) is 0 Å². The number of thiophene rings is 1. The van der Waals surface area contributed by atoms with Gasteiger partial charge in [-0.25, -0.2) is 4.79 Å². The van der Waals surface area contributed by atoms with E-state index in [1.165, 1.54) is 22.8 Å². The lowest BCUT2D eigenvalue weighted by Crippen LogP contribution is -2.10. The summed E-state index contributed by atoms with van der Waals surface area (Å²) in [6, 6.07) is 7.73. The first kappa shape index (κ1) is 14.0. The largest absolute Gasteiger partial charge is 0.478 e. The van der Waals surface area contributed by atoms with E-state index in [0.717, 1.165) is 11.1 Å². The monoisotopic (exact) mass is 287 g/mol. The van der Waals surface area contributed by atoms with Gasteiger partial charge in [0.1, 0.15) is 0 Å². The number of carbonyl (C=O) groups excluding carboxylic acids is 1. The number of anilines is 1. The maximum absolute atomic E-state index is 11.7. The van der Waals surface area contributed by atoms with E-state index in [9.17, 15) is 9.59 Å². The minimum Gasteiger partial charge on any atom is -0.478 e. The smallest absolute Gasteiger partial charge is 0.338 e. The zero-order chi connectivity index (χ0) is 14.5. The van der Waals surface area contributed by atoms with Crippen LogP contribution in [0.1, 0.15) is 21.5 Å². The molecule has 2 rings (SSSR count). The number of carbonyl (C=O) groups is 2. The van der Waals surface area contributed by atoms with E-state index in [1.54, 1.807) is 11.5 Å². The van der Waals surface area contributed by atoms with Crippen molar-refractivity contribution in [1.82, 2.24) is 0 Å². The summed E-state index contributed by atoms with van der Waals surface area (Å²) < 4.78 is 0. The van der Waals surface area contributed by atoms with Gasteiger partial charge in [-0.15, -0.1) is 11.3 Å². The van der Waals surface area contributed by atoms with Crippen LogP contribution in [0.15, 0.2) is 41.1 Å².